The Hall–Kier alpha value is -2.83. The van der Waals surface area contributed by atoms with Gasteiger partial charge in [0.1, 0.15) is 5.75 Å². The largest absolute Gasteiger partial charge is 0.508 e. The Morgan fingerprint density at radius 3 is 1.94 bits per heavy atom. The predicted octanol–water partition coefficient (Wildman–Crippen LogP) is 4.99. The van der Waals surface area contributed by atoms with E-state index in [-0.39, 0.29) is 41.5 Å². The number of amides is 2. The second-order valence-corrected chi connectivity index (χ2v) is 10.6. The molecule has 0 saturated heterocycles. The van der Waals surface area contributed by atoms with Crippen molar-refractivity contribution in [2.24, 2.45) is 17.8 Å². The Bertz CT molecular complexity index is 854. The van der Waals surface area contributed by atoms with Crippen molar-refractivity contribution in [2.45, 2.75) is 80.2 Å². The average Bonchev–Trinajstić information content (AvgIpc) is 2.74. The van der Waals surface area contributed by atoms with Crippen LogP contribution in [0.4, 0.5) is 0 Å². The van der Waals surface area contributed by atoms with Crippen LogP contribution in [0.5, 0.6) is 5.75 Å². The molecule has 0 aliphatic carbocycles. The van der Waals surface area contributed by atoms with E-state index in [2.05, 4.69) is 26.1 Å². The molecule has 7 heteroatoms. The average molecular weight is 491 g/mol. The van der Waals surface area contributed by atoms with Gasteiger partial charge in [0.25, 0.3) is 0 Å². The Labute approximate surface area is 211 Å². The normalized spacial score (nSPS) is 13.5. The number of nitrogens with one attached hydrogen (secondary N) is 1. The molecule has 0 fully saturated rings. The number of aliphatic carboxylic acids is 1. The van der Waals surface area contributed by atoms with Crippen LogP contribution < -0.4 is 5.32 Å². The summed E-state index contributed by atoms with van der Waals surface area (Å²) in [5.41, 5.74) is 0.595. The van der Waals surface area contributed by atoms with Crippen LogP contribution in [0, 0.1) is 17.8 Å². The van der Waals surface area contributed by atoms with Crippen LogP contribution in [0.3, 0.4) is 0 Å². The van der Waals surface area contributed by atoms with Gasteiger partial charge >= 0.3 is 5.97 Å². The number of hydrogen-bond donors (Lipinski definition) is 3. The summed E-state index contributed by atoms with van der Waals surface area (Å²) >= 11 is 0. The van der Waals surface area contributed by atoms with Gasteiger partial charge in [-0.05, 0) is 42.9 Å². The monoisotopic (exact) mass is 490 g/mol. The van der Waals surface area contributed by atoms with Gasteiger partial charge in [-0.15, -0.1) is 0 Å². The van der Waals surface area contributed by atoms with Crippen LogP contribution in [0.25, 0.3) is 0 Å². The van der Waals surface area contributed by atoms with Gasteiger partial charge in [0.05, 0.1) is 12.6 Å². The molecule has 198 valence electrons. The highest BCUT2D eigenvalue weighted by atomic mass is 16.4. The first-order valence-electron chi connectivity index (χ1n) is 12.3. The maximum Gasteiger partial charge on any atom is 0.331 e. The Morgan fingerprint density at radius 2 is 1.54 bits per heavy atom. The lowest BCUT2D eigenvalue weighted by atomic mass is 9.71. The number of rotatable bonds is 10. The van der Waals surface area contributed by atoms with Crippen molar-refractivity contribution in [3.8, 4) is 5.75 Å². The summed E-state index contributed by atoms with van der Waals surface area (Å²) in [6.07, 6.45) is 2.15. The highest BCUT2D eigenvalue weighted by Crippen LogP contribution is 2.34. The van der Waals surface area contributed by atoms with Gasteiger partial charge in [0.15, 0.2) is 0 Å². The number of carboxylic acids is 1. The molecule has 0 aliphatic heterocycles. The molecule has 1 aromatic rings. The summed E-state index contributed by atoms with van der Waals surface area (Å²) in [6, 6.07) is 6.40. The summed E-state index contributed by atoms with van der Waals surface area (Å²) in [7, 11) is 1.61. The molecule has 2 atom stereocenters. The molecule has 1 aromatic carbocycles. The number of phenols is 1. The van der Waals surface area contributed by atoms with E-state index in [4.69, 9.17) is 5.11 Å². The second kappa shape index (κ2) is 14.5. The molecule has 0 saturated carbocycles. The van der Waals surface area contributed by atoms with E-state index in [0.29, 0.717) is 6.42 Å². The number of carbonyl (C=O) groups excluding carboxylic acids is 2. The van der Waals surface area contributed by atoms with E-state index < -0.39 is 17.4 Å². The lowest BCUT2D eigenvalue weighted by Crippen LogP contribution is -2.47. The Balaban J connectivity index is 0.00000267. The summed E-state index contributed by atoms with van der Waals surface area (Å²) in [6.45, 7) is 17.5. The van der Waals surface area contributed by atoms with Gasteiger partial charge in [-0.1, -0.05) is 73.6 Å². The van der Waals surface area contributed by atoms with Crippen LogP contribution in [0.15, 0.2) is 35.9 Å². The molecule has 0 bridgehead atoms. The van der Waals surface area contributed by atoms with Gasteiger partial charge in [0, 0.05) is 24.0 Å². The van der Waals surface area contributed by atoms with Crippen molar-refractivity contribution in [3.05, 3.63) is 41.5 Å². The molecule has 0 spiro atoms. The molecule has 0 aromatic heterocycles. The SMILES string of the molecule is CC(C)C.CC[C@H](C(=O)NCC(=O)N(C)[C@H](/C=C(\C)C(=O)O)C(C)C)C(C)(C)c1ccc(O)cc1. The van der Waals surface area contributed by atoms with Crippen LogP contribution >= 0.6 is 0 Å². The molecule has 35 heavy (non-hydrogen) atoms. The predicted molar refractivity (Wildman–Crippen MR) is 141 cm³/mol. The smallest absolute Gasteiger partial charge is 0.331 e. The maximum absolute atomic E-state index is 12.9. The highest BCUT2D eigenvalue weighted by molar-refractivity contribution is 5.88. The number of carbonyl (C=O) groups is 3. The number of benzene rings is 1. The summed E-state index contributed by atoms with van der Waals surface area (Å²) in [4.78, 5) is 38.3. The summed E-state index contributed by atoms with van der Waals surface area (Å²) in [5, 5.41) is 21.4. The summed E-state index contributed by atoms with van der Waals surface area (Å²) in [5.74, 6) is -0.903. The fourth-order valence-electron chi connectivity index (χ4n) is 3.77. The zero-order chi connectivity index (χ0) is 27.5. The number of nitrogens with zero attached hydrogens (tertiary/aromatic N) is 1. The molecular formula is C28H46N2O5. The first kappa shape index (κ1) is 32.2. The standard InChI is InChI=1S/C24H36N2O5.C4H10/c1-8-19(24(5,6)17-9-11-18(27)12-10-17)22(29)25-14-21(28)26(7)20(15(2)3)13-16(4)23(30)31;1-4(2)3/h9-13,15,19-20,27H,8,14H2,1-7H3,(H,25,29)(H,30,31);4H,1-3H3/b16-13+;/t19-,20-;/m1./s1. The molecule has 0 aliphatic rings. The molecular weight excluding hydrogens is 444 g/mol. The van der Waals surface area contributed by atoms with E-state index >= 15 is 0 Å². The lowest BCUT2D eigenvalue weighted by molar-refractivity contribution is -0.135. The molecule has 1 rings (SSSR count). The third kappa shape index (κ3) is 10.5. The fraction of sp³-hybridized carbons (Fsp3) is 0.607. The van der Waals surface area contributed by atoms with E-state index in [9.17, 15) is 19.5 Å². The van der Waals surface area contributed by atoms with Gasteiger partial charge in [0.2, 0.25) is 11.8 Å². The van der Waals surface area contributed by atoms with E-state index in [0.717, 1.165) is 11.5 Å². The van der Waals surface area contributed by atoms with Gasteiger partial charge < -0.3 is 20.4 Å². The van der Waals surface area contributed by atoms with Crippen LogP contribution in [-0.4, -0.2) is 52.5 Å². The molecule has 0 heterocycles. The number of hydrogen-bond acceptors (Lipinski definition) is 4. The maximum atomic E-state index is 12.9. The molecule has 7 nitrogen and oxygen atoms in total. The quantitative estimate of drug-likeness (QED) is 0.401. The first-order valence-corrected chi connectivity index (χ1v) is 12.3. The van der Waals surface area contributed by atoms with Crippen molar-refractivity contribution in [1.29, 1.82) is 0 Å². The Morgan fingerprint density at radius 1 is 1.06 bits per heavy atom. The minimum absolute atomic E-state index is 0.00997. The minimum atomic E-state index is -1.03. The second-order valence-electron chi connectivity index (χ2n) is 10.6. The van der Waals surface area contributed by atoms with Crippen molar-refractivity contribution in [2.75, 3.05) is 13.6 Å². The molecule has 2 amide bonds. The third-order valence-electron chi connectivity index (χ3n) is 5.90. The van der Waals surface area contributed by atoms with Gasteiger partial charge in [-0.25, -0.2) is 4.79 Å². The number of likely N-dealkylation sites (N-methyl/N-ethyl adjacent to an activating group) is 1. The van der Waals surface area contributed by atoms with E-state index in [1.807, 2.05) is 34.6 Å². The number of phenolic OH excluding ortho intramolecular Hbond substituents is 1. The molecule has 0 unspecified atom stereocenters. The highest BCUT2D eigenvalue weighted by Gasteiger charge is 2.35. The topological polar surface area (TPSA) is 107 Å². The van der Waals surface area contributed by atoms with E-state index in [1.54, 1.807) is 37.4 Å². The number of aromatic hydroxyl groups is 1. The third-order valence-corrected chi connectivity index (χ3v) is 5.90. The first-order chi connectivity index (χ1) is 16.1. The molecule has 3 N–H and O–H groups in total. The van der Waals surface area contributed by atoms with Crippen LogP contribution in [0.2, 0.25) is 0 Å². The molecule has 0 radical (unpaired) electrons. The van der Waals surface area contributed by atoms with Gasteiger partial charge in [-0.2, -0.15) is 0 Å². The van der Waals surface area contributed by atoms with Gasteiger partial charge in [-0.3, -0.25) is 9.59 Å². The summed E-state index contributed by atoms with van der Waals surface area (Å²) < 4.78 is 0. The van der Waals surface area contributed by atoms with Crippen molar-refractivity contribution in [1.82, 2.24) is 10.2 Å². The lowest BCUT2D eigenvalue weighted by Gasteiger charge is -2.34. The fourth-order valence-corrected chi connectivity index (χ4v) is 3.77. The number of carboxylic acid groups (broad SMARTS) is 1. The zero-order valence-electron chi connectivity index (χ0n) is 23.2. The van der Waals surface area contributed by atoms with Crippen molar-refractivity contribution in [3.63, 3.8) is 0 Å². The van der Waals surface area contributed by atoms with Crippen LogP contribution in [0.1, 0.15) is 74.3 Å². The van der Waals surface area contributed by atoms with Crippen molar-refractivity contribution >= 4 is 17.8 Å². The Kier molecular flexibility index (Phi) is 13.4. The van der Waals surface area contributed by atoms with E-state index in [1.165, 1.54) is 11.8 Å². The van der Waals surface area contributed by atoms with Crippen molar-refractivity contribution < 1.29 is 24.6 Å². The van der Waals surface area contributed by atoms with Crippen LogP contribution in [-0.2, 0) is 19.8 Å². The minimum Gasteiger partial charge on any atom is -0.508 e. The zero-order valence-corrected chi connectivity index (χ0v) is 23.2.